The average Bonchev–Trinajstić information content (AvgIpc) is 2.96. The smallest absolute Gasteiger partial charge is 0.303 e. The van der Waals surface area contributed by atoms with Crippen molar-refractivity contribution >= 4 is 12.2 Å². The molecule has 0 fully saturated rings. The lowest BCUT2D eigenvalue weighted by Gasteiger charge is -2.03. The van der Waals surface area contributed by atoms with Crippen LogP contribution in [-0.4, -0.2) is 39.7 Å². The summed E-state index contributed by atoms with van der Waals surface area (Å²) >= 11 is 0. The normalized spacial score (nSPS) is 11.1. The van der Waals surface area contributed by atoms with Crippen molar-refractivity contribution in [1.29, 1.82) is 0 Å². The van der Waals surface area contributed by atoms with E-state index in [9.17, 15) is 4.79 Å². The van der Waals surface area contributed by atoms with Gasteiger partial charge in [0.2, 0.25) is 0 Å². The van der Waals surface area contributed by atoms with Crippen LogP contribution in [-0.2, 0) is 11.2 Å². The highest BCUT2D eigenvalue weighted by Crippen LogP contribution is 2.20. The monoisotopic (exact) mass is 300 g/mol. The van der Waals surface area contributed by atoms with Crippen LogP contribution in [0.3, 0.4) is 0 Å². The van der Waals surface area contributed by atoms with Gasteiger partial charge in [-0.2, -0.15) is 15.4 Å². The number of nitrogens with zero attached hydrogens (tertiary/aromatic N) is 3. The number of carbonyl (C=O) groups is 1. The standard InChI is InChI=1S/C16H20N4O2/c1-17-11-14-16(19-20-18-14)13-9-7-12(8-10-13)5-3-2-4-6-15(21)22/h7-11H,2-6H2,1H3,(H,21,22)(H,18,19,20). The molecule has 6 nitrogen and oxygen atoms in total. The second kappa shape index (κ2) is 8.07. The Morgan fingerprint density at radius 2 is 2.00 bits per heavy atom. The predicted molar refractivity (Wildman–Crippen MR) is 85.1 cm³/mol. The van der Waals surface area contributed by atoms with Gasteiger partial charge < -0.3 is 5.11 Å². The molecule has 1 aromatic carbocycles. The van der Waals surface area contributed by atoms with E-state index in [1.54, 1.807) is 13.3 Å². The van der Waals surface area contributed by atoms with Crippen LogP contribution < -0.4 is 0 Å². The van der Waals surface area contributed by atoms with Crippen LogP contribution in [0.1, 0.15) is 36.9 Å². The van der Waals surface area contributed by atoms with Crippen LogP contribution in [0.5, 0.6) is 0 Å². The van der Waals surface area contributed by atoms with Crippen LogP contribution in [0.15, 0.2) is 29.3 Å². The Hall–Kier alpha value is -2.50. The minimum absolute atomic E-state index is 0.257. The number of unbranched alkanes of at least 4 members (excludes halogenated alkanes) is 2. The van der Waals surface area contributed by atoms with Crippen molar-refractivity contribution in [1.82, 2.24) is 15.4 Å². The third kappa shape index (κ3) is 4.51. The van der Waals surface area contributed by atoms with Gasteiger partial charge in [0.15, 0.2) is 0 Å². The van der Waals surface area contributed by atoms with Gasteiger partial charge in [-0.05, 0) is 24.8 Å². The molecule has 0 radical (unpaired) electrons. The molecule has 0 atom stereocenters. The van der Waals surface area contributed by atoms with Crippen molar-refractivity contribution in [2.75, 3.05) is 7.05 Å². The number of carboxylic acid groups (broad SMARTS) is 1. The van der Waals surface area contributed by atoms with Crippen LogP contribution in [0.4, 0.5) is 0 Å². The van der Waals surface area contributed by atoms with Crippen molar-refractivity contribution in [2.24, 2.45) is 4.99 Å². The summed E-state index contributed by atoms with van der Waals surface area (Å²) in [6, 6.07) is 8.21. The number of hydrogen-bond acceptors (Lipinski definition) is 4. The number of hydrogen-bond donors (Lipinski definition) is 2. The van der Waals surface area contributed by atoms with Gasteiger partial charge in [-0.15, -0.1) is 0 Å². The van der Waals surface area contributed by atoms with E-state index in [1.165, 1.54) is 5.56 Å². The molecule has 0 bridgehead atoms. The first-order valence-electron chi connectivity index (χ1n) is 7.34. The molecule has 0 saturated carbocycles. The summed E-state index contributed by atoms with van der Waals surface area (Å²) in [6.07, 6.45) is 5.58. The Morgan fingerprint density at radius 3 is 2.68 bits per heavy atom. The minimum atomic E-state index is -0.719. The van der Waals surface area contributed by atoms with Crippen molar-refractivity contribution in [3.8, 4) is 11.3 Å². The number of H-pyrrole nitrogens is 1. The fourth-order valence-corrected chi connectivity index (χ4v) is 2.28. The average molecular weight is 300 g/mol. The Labute approximate surface area is 129 Å². The maximum Gasteiger partial charge on any atom is 0.303 e. The molecule has 116 valence electrons. The third-order valence-corrected chi connectivity index (χ3v) is 3.41. The second-order valence-corrected chi connectivity index (χ2v) is 5.10. The number of carboxylic acids is 1. The van der Waals surface area contributed by atoms with Crippen LogP contribution in [0.2, 0.25) is 0 Å². The highest BCUT2D eigenvalue weighted by Gasteiger charge is 2.08. The largest absolute Gasteiger partial charge is 0.481 e. The van der Waals surface area contributed by atoms with E-state index in [0.717, 1.165) is 42.6 Å². The van der Waals surface area contributed by atoms with Crippen LogP contribution in [0, 0.1) is 0 Å². The van der Waals surface area contributed by atoms with E-state index >= 15 is 0 Å². The summed E-state index contributed by atoms with van der Waals surface area (Å²) < 4.78 is 0. The first-order valence-corrected chi connectivity index (χ1v) is 7.34. The van der Waals surface area contributed by atoms with Crippen LogP contribution in [0.25, 0.3) is 11.3 Å². The molecule has 2 rings (SSSR count). The first kappa shape index (κ1) is 15.9. The lowest BCUT2D eigenvalue weighted by Crippen LogP contribution is -1.94. The Bertz CT molecular complexity index is 632. The van der Waals surface area contributed by atoms with Crippen molar-refractivity contribution < 1.29 is 9.90 Å². The molecular formula is C16H20N4O2. The predicted octanol–water partition coefficient (Wildman–Crippen LogP) is 2.71. The minimum Gasteiger partial charge on any atom is -0.481 e. The zero-order valence-corrected chi connectivity index (χ0v) is 12.6. The molecule has 2 aromatic rings. The van der Waals surface area contributed by atoms with E-state index in [4.69, 9.17) is 5.11 Å². The van der Waals surface area contributed by atoms with E-state index in [1.807, 2.05) is 12.1 Å². The molecule has 0 saturated heterocycles. The van der Waals surface area contributed by atoms with E-state index in [2.05, 4.69) is 32.5 Å². The number of aryl methyl sites for hydroxylation is 1. The molecule has 6 heteroatoms. The summed E-state index contributed by atoms with van der Waals surface area (Å²) in [5.74, 6) is -0.719. The van der Waals surface area contributed by atoms with Crippen molar-refractivity contribution in [2.45, 2.75) is 32.1 Å². The number of aliphatic carboxylic acids is 1. The summed E-state index contributed by atoms with van der Waals surface area (Å²) in [6.45, 7) is 0. The number of aromatic amines is 1. The Kier molecular flexibility index (Phi) is 5.82. The highest BCUT2D eigenvalue weighted by atomic mass is 16.4. The molecular weight excluding hydrogens is 280 g/mol. The molecule has 22 heavy (non-hydrogen) atoms. The number of benzene rings is 1. The maximum absolute atomic E-state index is 10.4. The van der Waals surface area contributed by atoms with Crippen molar-refractivity contribution in [3.05, 3.63) is 35.5 Å². The third-order valence-electron chi connectivity index (χ3n) is 3.41. The Morgan fingerprint density at radius 1 is 1.23 bits per heavy atom. The van der Waals surface area contributed by atoms with Gasteiger partial charge in [-0.1, -0.05) is 30.7 Å². The number of aliphatic imine (C=N–C) groups is 1. The molecule has 0 aliphatic rings. The molecule has 1 aromatic heterocycles. The quantitative estimate of drug-likeness (QED) is 0.579. The van der Waals surface area contributed by atoms with Gasteiger partial charge in [-0.3, -0.25) is 9.79 Å². The van der Waals surface area contributed by atoms with Gasteiger partial charge in [0.1, 0.15) is 11.4 Å². The van der Waals surface area contributed by atoms with Gasteiger partial charge in [0.25, 0.3) is 0 Å². The summed E-state index contributed by atoms with van der Waals surface area (Å²) in [7, 11) is 1.70. The van der Waals surface area contributed by atoms with E-state index < -0.39 is 5.97 Å². The van der Waals surface area contributed by atoms with Gasteiger partial charge in [-0.25, -0.2) is 0 Å². The fraction of sp³-hybridized carbons (Fsp3) is 0.375. The number of aromatic nitrogens is 3. The number of rotatable bonds is 8. The molecule has 2 N–H and O–H groups in total. The zero-order valence-electron chi connectivity index (χ0n) is 12.6. The first-order chi connectivity index (χ1) is 10.7. The molecule has 0 spiro atoms. The molecule has 0 unspecified atom stereocenters. The molecule has 0 aliphatic carbocycles. The topological polar surface area (TPSA) is 91.2 Å². The maximum atomic E-state index is 10.4. The summed E-state index contributed by atoms with van der Waals surface area (Å²) in [4.78, 5) is 14.4. The SMILES string of the molecule is CN=Cc1n[nH]nc1-c1ccc(CCCCCC(=O)O)cc1. The fourth-order valence-electron chi connectivity index (χ4n) is 2.28. The summed E-state index contributed by atoms with van der Waals surface area (Å²) in [5.41, 5.74) is 3.76. The lowest BCUT2D eigenvalue weighted by atomic mass is 10.0. The zero-order chi connectivity index (χ0) is 15.8. The second-order valence-electron chi connectivity index (χ2n) is 5.10. The molecule has 1 heterocycles. The van der Waals surface area contributed by atoms with E-state index in [-0.39, 0.29) is 6.42 Å². The highest BCUT2D eigenvalue weighted by molar-refractivity contribution is 5.86. The lowest BCUT2D eigenvalue weighted by molar-refractivity contribution is -0.137. The Balaban J connectivity index is 1.90. The van der Waals surface area contributed by atoms with Gasteiger partial charge >= 0.3 is 5.97 Å². The van der Waals surface area contributed by atoms with E-state index in [0.29, 0.717) is 0 Å². The number of nitrogens with one attached hydrogen (secondary N) is 1. The van der Waals surface area contributed by atoms with Gasteiger partial charge in [0, 0.05) is 19.0 Å². The van der Waals surface area contributed by atoms with Crippen molar-refractivity contribution in [3.63, 3.8) is 0 Å². The summed E-state index contributed by atoms with van der Waals surface area (Å²) in [5, 5.41) is 19.4. The van der Waals surface area contributed by atoms with Gasteiger partial charge in [0.05, 0.1) is 6.21 Å². The molecule has 0 amide bonds. The van der Waals surface area contributed by atoms with Crippen LogP contribution >= 0.6 is 0 Å². The molecule has 0 aliphatic heterocycles.